The number of piperidine rings is 2. The van der Waals surface area contributed by atoms with Crippen molar-refractivity contribution in [1.82, 2.24) is 34.3 Å². The number of amides is 5. The quantitative estimate of drug-likeness (QED) is 0.0353. The van der Waals surface area contributed by atoms with Crippen LogP contribution in [0.4, 0.5) is 41.2 Å². The highest BCUT2D eigenvalue weighted by molar-refractivity contribution is 5.95. The van der Waals surface area contributed by atoms with Crippen LogP contribution in [0.1, 0.15) is 124 Å². The molecule has 582 valence electrons. The zero-order chi connectivity index (χ0) is 74.3. The number of likely N-dealkylation sites (N-methyl/N-ethyl adjacent to an activating group) is 2. The predicted molar refractivity (Wildman–Crippen MR) is 409 cm³/mol. The first-order valence-corrected chi connectivity index (χ1v) is 36.3. The van der Waals surface area contributed by atoms with Gasteiger partial charge in [-0.15, -0.1) is 37.2 Å². The number of benzene rings is 7. The number of likely N-dealkylation sites (tertiary alicyclic amines) is 2. The van der Waals surface area contributed by atoms with Gasteiger partial charge < -0.3 is 43.6 Å². The van der Waals surface area contributed by atoms with Crippen molar-refractivity contribution in [3.63, 3.8) is 0 Å². The topological polar surface area (TPSA) is 148 Å². The highest BCUT2D eigenvalue weighted by atomic mass is 35.5. The first-order valence-electron chi connectivity index (χ1n) is 36.3. The summed E-state index contributed by atoms with van der Waals surface area (Å²) >= 11 is 0. The van der Waals surface area contributed by atoms with Gasteiger partial charge in [-0.3, -0.25) is 29.4 Å². The molecule has 1 N–H and O–H groups in total. The summed E-state index contributed by atoms with van der Waals surface area (Å²) in [6.45, 7) is 6.84. The van der Waals surface area contributed by atoms with Crippen molar-refractivity contribution in [3.8, 4) is 11.1 Å². The minimum atomic E-state index is -5.15. The number of hydrogen-bond acceptors (Lipinski definition) is 11. The van der Waals surface area contributed by atoms with E-state index in [1.54, 1.807) is 23.9 Å². The van der Waals surface area contributed by atoms with Gasteiger partial charge in [0.15, 0.2) is 0 Å². The number of carbonyl (C=O) groups excluding carboxylic acids is 5. The van der Waals surface area contributed by atoms with E-state index in [1.807, 2.05) is 121 Å². The number of carbonyl (C=O) groups is 5. The first kappa shape index (κ1) is 85.5. The normalized spacial score (nSPS) is 17.2. The Kier molecular flexibility index (Phi) is 30.9. The number of nitrogens with zero attached hydrogens (tertiary/aromatic N) is 7. The summed E-state index contributed by atoms with van der Waals surface area (Å²) in [4.78, 5) is 80.7. The molecule has 3 fully saturated rings. The molecule has 4 aliphatic rings. The molecule has 7 aromatic rings. The Hall–Kier alpha value is -8.13. The Morgan fingerprint density at radius 3 is 1.85 bits per heavy atom. The van der Waals surface area contributed by atoms with Gasteiger partial charge in [-0.05, 0) is 159 Å². The van der Waals surface area contributed by atoms with Crippen molar-refractivity contribution in [3.05, 3.63) is 232 Å². The number of rotatable bonds is 29. The maximum atomic E-state index is 14.3. The molecule has 7 aromatic carbocycles. The predicted octanol–water partition coefficient (Wildman–Crippen LogP) is 15.8. The molecule has 1 spiro atoms. The van der Waals surface area contributed by atoms with Crippen LogP contribution in [-0.4, -0.2) is 183 Å². The summed E-state index contributed by atoms with van der Waals surface area (Å²) in [5.41, 5.74) is 2.58. The molecule has 1 aliphatic carbocycles. The van der Waals surface area contributed by atoms with Crippen LogP contribution < -0.4 is 5.32 Å². The van der Waals surface area contributed by atoms with Crippen LogP contribution in [0.2, 0.25) is 0 Å². The van der Waals surface area contributed by atoms with Crippen LogP contribution in [0, 0.1) is 5.82 Å². The molecule has 0 radical (unpaired) electrons. The van der Waals surface area contributed by atoms with Gasteiger partial charge in [0.1, 0.15) is 30.9 Å². The van der Waals surface area contributed by atoms with Crippen LogP contribution in [-0.2, 0) is 66.7 Å². The van der Waals surface area contributed by atoms with Crippen molar-refractivity contribution in [1.29, 1.82) is 0 Å². The average molecular weight is 1560 g/mol. The van der Waals surface area contributed by atoms with Crippen molar-refractivity contribution >= 4 is 72.6 Å². The lowest BCUT2D eigenvalue weighted by Gasteiger charge is -2.44. The van der Waals surface area contributed by atoms with Gasteiger partial charge in [-0.1, -0.05) is 134 Å². The Bertz CT molecular complexity index is 4050. The SMILES string of the molecule is CN(CCN1CCC(OC(=O)Nc2ccccc2-c2ccccc2)CC1)C(=O)CCCCCN(Cc1ccccc1)Cc1ccc(C(=O)N(C)CCCN(C)C(=O)CO[C@H]2Cc3ccccc3C23CCN(CC[C@]2(c4ccc(F)cc4)CN(C(=O)c4cc(C(F)(F)F)cc(C(F)(F)F)c4)CO2)CC3)cc1.Cl.Cl.Cl. The van der Waals surface area contributed by atoms with Crippen molar-refractivity contribution < 1.29 is 68.9 Å². The van der Waals surface area contributed by atoms with Gasteiger partial charge in [0.25, 0.3) is 11.8 Å². The second-order valence-corrected chi connectivity index (χ2v) is 28.4. The zero-order valence-corrected chi connectivity index (χ0v) is 63.5. The Balaban J connectivity index is 0.00000490. The van der Waals surface area contributed by atoms with Crippen molar-refractivity contribution in [2.45, 2.75) is 119 Å². The van der Waals surface area contributed by atoms with E-state index in [9.17, 15) is 54.7 Å². The summed E-state index contributed by atoms with van der Waals surface area (Å²) < 4.78 is 116. The van der Waals surface area contributed by atoms with E-state index in [2.05, 4.69) is 44.3 Å². The molecule has 16 nitrogen and oxygen atoms in total. The van der Waals surface area contributed by atoms with E-state index in [-0.39, 0.29) is 92.8 Å². The fraction of sp³-hybridized carbons (Fsp3) is 0.427. The summed E-state index contributed by atoms with van der Waals surface area (Å²) in [6, 6.07) is 50.1. The van der Waals surface area contributed by atoms with E-state index < -0.39 is 64.6 Å². The van der Waals surface area contributed by atoms with Crippen LogP contribution in [0.5, 0.6) is 0 Å². The average Bonchev–Trinajstić information content (AvgIpc) is 1.58. The van der Waals surface area contributed by atoms with Crippen molar-refractivity contribution in [2.24, 2.45) is 0 Å². The maximum absolute atomic E-state index is 14.3. The number of ether oxygens (including phenoxy) is 3. The van der Waals surface area contributed by atoms with Crippen LogP contribution in [0.3, 0.4) is 0 Å². The third kappa shape index (κ3) is 22.3. The highest BCUT2D eigenvalue weighted by Crippen LogP contribution is 2.49. The lowest BCUT2D eigenvalue weighted by molar-refractivity contribution is -0.143. The van der Waals surface area contributed by atoms with E-state index in [4.69, 9.17) is 14.2 Å². The number of para-hydroxylation sites is 1. The molecule has 0 bridgehead atoms. The van der Waals surface area contributed by atoms with Crippen LogP contribution in [0.15, 0.2) is 176 Å². The molecule has 108 heavy (non-hydrogen) atoms. The molecule has 0 unspecified atom stereocenters. The number of fused-ring (bicyclic) bond motifs is 2. The van der Waals surface area contributed by atoms with E-state index in [0.29, 0.717) is 107 Å². The number of halogens is 10. The Morgan fingerprint density at radius 1 is 0.593 bits per heavy atom. The molecule has 26 heteroatoms. The molecule has 0 aromatic heterocycles. The van der Waals surface area contributed by atoms with Gasteiger partial charge in [0, 0.05) is 109 Å². The monoisotopic (exact) mass is 1560 g/mol. The Morgan fingerprint density at radius 2 is 1.19 bits per heavy atom. The molecular weight excluding hydrogens is 1460 g/mol. The molecule has 2 atom stereocenters. The number of anilines is 1. The molecule has 3 heterocycles. The van der Waals surface area contributed by atoms with Gasteiger partial charge in [-0.25, -0.2) is 9.18 Å². The number of unbranched alkanes of at least 4 members (excludes halogenated alkanes) is 2. The van der Waals surface area contributed by atoms with E-state index >= 15 is 0 Å². The summed E-state index contributed by atoms with van der Waals surface area (Å²) in [5.74, 6) is -1.80. The summed E-state index contributed by atoms with van der Waals surface area (Å²) in [7, 11) is 5.36. The first-order chi connectivity index (χ1) is 50.4. The van der Waals surface area contributed by atoms with Crippen LogP contribution in [0.25, 0.3) is 11.1 Å². The molecule has 3 saturated heterocycles. The van der Waals surface area contributed by atoms with Crippen LogP contribution >= 0.6 is 37.2 Å². The highest BCUT2D eigenvalue weighted by Gasteiger charge is 2.50. The third-order valence-electron chi connectivity index (χ3n) is 21.2. The van der Waals surface area contributed by atoms with E-state index in [1.165, 1.54) is 29.8 Å². The number of alkyl halides is 6. The minimum absolute atomic E-state index is 0. The Labute approximate surface area is 646 Å². The maximum Gasteiger partial charge on any atom is 0.416 e. The lowest BCUT2D eigenvalue weighted by atomic mass is 9.72. The lowest BCUT2D eigenvalue weighted by Crippen LogP contribution is -2.50. The van der Waals surface area contributed by atoms with Gasteiger partial charge in [0.2, 0.25) is 11.8 Å². The van der Waals surface area contributed by atoms with Gasteiger partial charge in [0.05, 0.1) is 29.5 Å². The fourth-order valence-corrected chi connectivity index (χ4v) is 15.0. The number of nitrogens with one attached hydrogen (secondary N) is 1. The molecular formula is C82H96Cl3F7N8O8. The smallest absolute Gasteiger partial charge is 0.416 e. The second-order valence-electron chi connectivity index (χ2n) is 28.4. The van der Waals surface area contributed by atoms with Gasteiger partial charge >= 0.3 is 18.4 Å². The molecule has 5 amide bonds. The molecule has 3 aliphatic heterocycles. The van der Waals surface area contributed by atoms with Gasteiger partial charge in [-0.2, -0.15) is 26.3 Å². The number of hydrogen-bond donors (Lipinski definition) is 1. The zero-order valence-electron chi connectivity index (χ0n) is 61.0. The van der Waals surface area contributed by atoms with Crippen molar-refractivity contribution in [2.75, 3.05) is 112 Å². The molecule has 11 rings (SSSR count). The largest absolute Gasteiger partial charge is 0.446 e. The third-order valence-corrected chi connectivity index (χ3v) is 21.2. The summed E-state index contributed by atoms with van der Waals surface area (Å²) in [6.07, 6.45) is -3.98. The minimum Gasteiger partial charge on any atom is -0.446 e. The second kappa shape index (κ2) is 39.0. The van der Waals surface area contributed by atoms with E-state index in [0.717, 1.165) is 97.5 Å². The standard InChI is InChI=1S/C82H93F7N8O8.3ClH/c1-91(75(99)56-103-73-52-63-22-12-14-24-71(63)79(73)37-45-95(46-38-79)47-39-80(65-31-33-68(83)34-32-65)57-97(58-104-80)77(101)64-50-66(81(84,85)86)53-67(51-64)82(87,88)89)40-17-41-93(3)76(100)62-29-27-60(28-30-62)55-96(54-59-18-7-4-8-19-59)42-16-6-11-26-74(98)92(2)48-49-94-43-35-69(36-44-94)105-78(102)90-72-25-15-13-23-70(72)61-20-9-5-10-21-61;;;/h4-5,7-10,12-15,18-25,27-34,50-51,53,69,73H,6,11,16-17,26,35-49,52,54-58H2,1-3H3,(H,90,102);3*1H/t73-,80+;;;/m0.../s1. The molecule has 0 saturated carbocycles. The summed E-state index contributed by atoms with van der Waals surface area (Å²) in [5, 5.41) is 2.94. The fourth-order valence-electron chi connectivity index (χ4n) is 15.0.